The first-order valence-corrected chi connectivity index (χ1v) is 1.76. The van der Waals surface area contributed by atoms with Crippen LogP contribution in [0.25, 0.3) is 0 Å². The van der Waals surface area contributed by atoms with Gasteiger partial charge in [-0.3, -0.25) is 14.4 Å². The summed E-state index contributed by atoms with van der Waals surface area (Å²) < 4.78 is 0. The third-order valence-electron chi connectivity index (χ3n) is 0.620. The van der Waals surface area contributed by atoms with E-state index in [4.69, 9.17) is 0 Å². The highest BCUT2D eigenvalue weighted by molar-refractivity contribution is 4.80. The van der Waals surface area contributed by atoms with E-state index in [0.29, 0.717) is 0 Å². The average Bonchev–Trinajstić information content (AvgIpc) is 1.98. The Hall–Kier alpha value is -1.39. The molecule has 0 amide bonds. The summed E-state index contributed by atoms with van der Waals surface area (Å²) in [5.74, 6) is 0. The zero-order chi connectivity index (χ0) is 6.15. The highest BCUT2D eigenvalue weighted by Crippen LogP contribution is 1.29. The average molecular weight is 112 g/mol. The molecular formula is C3N2O3. The second-order valence-corrected chi connectivity index (χ2v) is 1.14. The van der Waals surface area contributed by atoms with Crippen LogP contribution >= 0.6 is 0 Å². The molecule has 0 atom stereocenters. The highest BCUT2D eigenvalue weighted by atomic mass is 16.2. The molecule has 0 bridgehead atoms. The fourth-order valence-electron chi connectivity index (χ4n) is 0.273. The van der Waals surface area contributed by atoms with Crippen LogP contribution in [-0.2, 0) is 0 Å². The lowest BCUT2D eigenvalue weighted by Gasteiger charge is -1.42. The van der Waals surface area contributed by atoms with Gasteiger partial charge in [-0.2, -0.15) is 0 Å². The van der Waals surface area contributed by atoms with Gasteiger partial charge in [0.1, 0.15) is 0 Å². The van der Waals surface area contributed by atoms with Gasteiger partial charge in [0.05, 0.1) is 0 Å². The molecule has 1 aromatic heterocycles. The van der Waals surface area contributed by atoms with Gasteiger partial charge in [-0.15, -0.1) is 0 Å². The Morgan fingerprint density at radius 1 is 0.875 bits per heavy atom. The number of aromatic nitrogens is 2. The minimum absolute atomic E-state index is 1.07. The Morgan fingerprint density at radius 2 is 1.25 bits per heavy atom. The smallest absolute Gasteiger partial charge is 0.277 e. The Bertz CT molecular complexity index is 291. The molecule has 0 N–H and O–H groups in total. The van der Waals surface area contributed by atoms with Crippen LogP contribution in [0, 0.1) is 0 Å². The summed E-state index contributed by atoms with van der Waals surface area (Å²) in [5.41, 5.74) is -3.30. The molecule has 40 valence electrons. The lowest BCUT2D eigenvalue weighted by Crippen LogP contribution is -2.30. The molecule has 1 rings (SSSR count). The third kappa shape index (κ3) is 0.446. The van der Waals surface area contributed by atoms with Crippen LogP contribution < -0.4 is 16.5 Å². The highest BCUT2D eigenvalue weighted by Gasteiger charge is 2.00. The minimum Gasteiger partial charge on any atom is -0.277 e. The van der Waals surface area contributed by atoms with E-state index in [0.717, 1.165) is 0 Å². The third-order valence-corrected chi connectivity index (χ3v) is 0.620. The Balaban J connectivity index is 3.94. The van der Waals surface area contributed by atoms with Crippen molar-refractivity contribution in [3.05, 3.63) is 30.9 Å². The number of nitrogens with zero attached hydrogens (tertiary/aromatic N) is 2. The zero-order valence-corrected chi connectivity index (χ0v) is 3.62. The van der Waals surface area contributed by atoms with Crippen LogP contribution in [0.2, 0.25) is 0 Å². The predicted molar refractivity (Wildman–Crippen MR) is 23.2 cm³/mol. The molecule has 0 saturated heterocycles. The van der Waals surface area contributed by atoms with Gasteiger partial charge < -0.3 is 0 Å². The van der Waals surface area contributed by atoms with Crippen molar-refractivity contribution in [2.45, 2.75) is 0 Å². The maximum atomic E-state index is 10.0. The number of hydrogen-bond acceptors (Lipinski definition) is 5. The fourth-order valence-corrected chi connectivity index (χ4v) is 0.273. The van der Waals surface area contributed by atoms with Crippen molar-refractivity contribution in [2.75, 3.05) is 0 Å². The molecule has 0 radical (unpaired) electrons. The van der Waals surface area contributed by atoms with Crippen LogP contribution in [0.5, 0.6) is 0 Å². The van der Waals surface area contributed by atoms with Crippen molar-refractivity contribution in [1.29, 1.82) is 0 Å². The van der Waals surface area contributed by atoms with Crippen molar-refractivity contribution in [3.63, 3.8) is 0 Å². The monoisotopic (exact) mass is 112 g/mol. The first kappa shape index (κ1) is 4.76. The lowest BCUT2D eigenvalue weighted by molar-refractivity contribution is 1.03. The van der Waals surface area contributed by atoms with E-state index >= 15 is 0 Å². The van der Waals surface area contributed by atoms with E-state index in [1.807, 2.05) is 0 Å². The second kappa shape index (κ2) is 1.29. The predicted octanol–water partition coefficient (Wildman–Crippen LogP) is -2.57. The van der Waals surface area contributed by atoms with Crippen LogP contribution in [0.15, 0.2) is 14.4 Å². The SMILES string of the molecule is O=c1nnc(=O)c1=O. The van der Waals surface area contributed by atoms with Crippen LogP contribution in [0.4, 0.5) is 0 Å². The molecule has 0 spiro atoms. The summed E-state index contributed by atoms with van der Waals surface area (Å²) >= 11 is 0. The molecule has 5 nitrogen and oxygen atoms in total. The quantitative estimate of drug-likeness (QED) is 0.345. The van der Waals surface area contributed by atoms with E-state index in [9.17, 15) is 14.4 Å². The lowest BCUT2D eigenvalue weighted by atomic mass is 10.7. The van der Waals surface area contributed by atoms with Gasteiger partial charge in [-0.25, -0.2) is 0 Å². The first-order chi connectivity index (χ1) is 3.72. The van der Waals surface area contributed by atoms with Gasteiger partial charge in [-0.1, -0.05) is 10.2 Å². The van der Waals surface area contributed by atoms with Crippen molar-refractivity contribution < 1.29 is 0 Å². The molecule has 0 fully saturated rings. The molecule has 1 heterocycles. The summed E-state index contributed by atoms with van der Waals surface area (Å²) in [4.78, 5) is 29.9. The second-order valence-electron chi connectivity index (χ2n) is 1.14. The number of hydrogen-bond donors (Lipinski definition) is 0. The van der Waals surface area contributed by atoms with Crippen molar-refractivity contribution in [3.8, 4) is 0 Å². The van der Waals surface area contributed by atoms with Gasteiger partial charge in [0.15, 0.2) is 0 Å². The van der Waals surface area contributed by atoms with Crippen LogP contribution in [-0.4, -0.2) is 10.2 Å². The normalized spacial score (nSPS) is 9.50. The molecule has 5 heteroatoms. The molecule has 0 saturated carbocycles. The Kier molecular flexibility index (Phi) is 0.768. The van der Waals surface area contributed by atoms with Gasteiger partial charge in [0, 0.05) is 0 Å². The summed E-state index contributed by atoms with van der Waals surface area (Å²) in [5, 5.41) is 5.37. The van der Waals surface area contributed by atoms with E-state index in [2.05, 4.69) is 10.2 Å². The van der Waals surface area contributed by atoms with Crippen LogP contribution in [0.1, 0.15) is 0 Å². The summed E-state index contributed by atoms with van der Waals surface area (Å²) in [6.07, 6.45) is 0. The van der Waals surface area contributed by atoms with E-state index in [-0.39, 0.29) is 0 Å². The Morgan fingerprint density at radius 3 is 1.38 bits per heavy atom. The molecule has 8 heavy (non-hydrogen) atoms. The molecule has 1 aromatic rings. The van der Waals surface area contributed by atoms with E-state index < -0.39 is 16.5 Å². The molecule has 0 aliphatic rings. The van der Waals surface area contributed by atoms with Crippen molar-refractivity contribution in [2.24, 2.45) is 0 Å². The molecule has 0 aliphatic carbocycles. The molecule has 0 aromatic carbocycles. The zero-order valence-electron chi connectivity index (χ0n) is 3.62. The standard InChI is InChI=1S/C3N2O3/c6-1-2(7)4-5-3(1)8. The molecular weight excluding hydrogens is 112 g/mol. The topological polar surface area (TPSA) is 77.0 Å². The van der Waals surface area contributed by atoms with E-state index in [1.54, 1.807) is 0 Å². The largest absolute Gasteiger partial charge is 0.341 e. The van der Waals surface area contributed by atoms with Gasteiger partial charge >= 0.3 is 16.5 Å². The van der Waals surface area contributed by atoms with Crippen molar-refractivity contribution >= 4 is 0 Å². The van der Waals surface area contributed by atoms with E-state index in [1.165, 1.54) is 0 Å². The fraction of sp³-hybridized carbons (Fsp3) is 0. The molecule has 0 unspecified atom stereocenters. The maximum Gasteiger partial charge on any atom is 0.341 e. The van der Waals surface area contributed by atoms with Gasteiger partial charge in [0.2, 0.25) is 0 Å². The minimum atomic E-state index is -1.15. The number of rotatable bonds is 0. The van der Waals surface area contributed by atoms with Crippen LogP contribution in [0.3, 0.4) is 0 Å². The first-order valence-electron chi connectivity index (χ1n) is 1.76. The summed E-state index contributed by atoms with van der Waals surface area (Å²) in [6, 6.07) is 0. The summed E-state index contributed by atoms with van der Waals surface area (Å²) in [6.45, 7) is 0. The maximum absolute atomic E-state index is 10.0. The van der Waals surface area contributed by atoms with Gasteiger partial charge in [-0.05, 0) is 0 Å². The van der Waals surface area contributed by atoms with Gasteiger partial charge in [0.25, 0.3) is 0 Å². The Labute approximate surface area is 42.3 Å². The molecule has 0 aliphatic heterocycles. The van der Waals surface area contributed by atoms with Crippen molar-refractivity contribution in [1.82, 2.24) is 10.2 Å². The summed E-state index contributed by atoms with van der Waals surface area (Å²) in [7, 11) is 0.